The molecule has 2 aliphatic heterocycles. The number of amides is 4. The van der Waals surface area contributed by atoms with Crippen LogP contribution in [0.15, 0.2) is 71.2 Å². The first kappa shape index (κ1) is 37.5. The van der Waals surface area contributed by atoms with Gasteiger partial charge in [-0.3, -0.25) is 19.1 Å². The van der Waals surface area contributed by atoms with Crippen LogP contribution in [0.3, 0.4) is 0 Å². The Labute approximate surface area is 324 Å². The summed E-state index contributed by atoms with van der Waals surface area (Å²) in [6.07, 6.45) is 6.65. The average Bonchev–Trinajstić information content (AvgIpc) is 4.08. The van der Waals surface area contributed by atoms with Crippen molar-refractivity contribution in [3.63, 3.8) is 0 Å². The number of fused-ring (bicyclic) bond motifs is 5. The van der Waals surface area contributed by atoms with Gasteiger partial charge in [-0.1, -0.05) is 67.0 Å². The van der Waals surface area contributed by atoms with Gasteiger partial charge in [-0.05, 0) is 57.6 Å². The molecule has 3 N–H and O–H groups in total. The van der Waals surface area contributed by atoms with Crippen LogP contribution in [0.1, 0.15) is 63.4 Å². The molecule has 4 amide bonds. The number of aryl methyl sites for hydroxylation is 1. The van der Waals surface area contributed by atoms with Crippen LogP contribution in [-0.2, 0) is 29.1 Å². The van der Waals surface area contributed by atoms with Crippen molar-refractivity contribution in [1.29, 1.82) is 0 Å². The molecule has 0 radical (unpaired) electrons. The second-order valence-corrected chi connectivity index (χ2v) is 17.3. The number of carbonyl (C=O) groups is 4. The Morgan fingerprint density at radius 2 is 1.82 bits per heavy atom. The summed E-state index contributed by atoms with van der Waals surface area (Å²) in [7, 11) is -2.69. The van der Waals surface area contributed by atoms with E-state index in [0.29, 0.717) is 60.2 Å². The minimum atomic E-state index is -3.90. The third-order valence-electron chi connectivity index (χ3n) is 11.3. The number of sulfonamides is 1. The number of nitrogens with zero attached hydrogens (tertiary/aromatic N) is 2. The van der Waals surface area contributed by atoms with E-state index in [0.717, 1.165) is 29.4 Å². The fourth-order valence-electron chi connectivity index (χ4n) is 7.84. The number of para-hydroxylation sites is 1. The van der Waals surface area contributed by atoms with Crippen molar-refractivity contribution >= 4 is 55.9 Å². The lowest BCUT2D eigenvalue weighted by Crippen LogP contribution is -2.58. The van der Waals surface area contributed by atoms with Gasteiger partial charge in [0, 0.05) is 29.4 Å². The monoisotopic (exact) mass is 783 g/mol. The number of rotatable bonds is 7. The predicted molar refractivity (Wildman–Crippen MR) is 207 cm³/mol. The smallest absolute Gasteiger partial charge is 0.407 e. The molecule has 0 bridgehead atoms. The highest BCUT2D eigenvalue weighted by molar-refractivity contribution is 7.91. The maximum Gasteiger partial charge on any atom is 0.407 e. The molecule has 4 heterocycles. The molecule has 2 aromatic heterocycles. The van der Waals surface area contributed by atoms with E-state index in [4.69, 9.17) is 18.9 Å². The van der Waals surface area contributed by atoms with Crippen molar-refractivity contribution in [1.82, 2.24) is 25.2 Å². The number of methoxy groups -OCH3 is 1. The van der Waals surface area contributed by atoms with Gasteiger partial charge in [-0.15, -0.1) is 0 Å². The van der Waals surface area contributed by atoms with Crippen molar-refractivity contribution in [2.24, 2.45) is 5.92 Å². The van der Waals surface area contributed by atoms with Gasteiger partial charge in [0.05, 0.1) is 24.6 Å². The summed E-state index contributed by atoms with van der Waals surface area (Å²) in [6.45, 7) is 1.97. The molecule has 2 aliphatic carbocycles. The van der Waals surface area contributed by atoms with E-state index in [-0.39, 0.29) is 19.4 Å². The molecule has 0 spiro atoms. The molecule has 2 saturated carbocycles. The Hall–Kier alpha value is -5.44. The van der Waals surface area contributed by atoms with Gasteiger partial charge in [0.1, 0.15) is 34.8 Å². The molecule has 294 valence electrons. The molecule has 2 aromatic carbocycles. The number of aromatic nitrogens is 1. The minimum absolute atomic E-state index is 0.0290. The van der Waals surface area contributed by atoms with Crippen molar-refractivity contribution < 1.29 is 41.5 Å². The molecule has 5 atom stereocenters. The molecule has 56 heavy (non-hydrogen) atoms. The van der Waals surface area contributed by atoms with E-state index in [2.05, 4.69) is 15.4 Å². The van der Waals surface area contributed by atoms with Crippen LogP contribution in [0.4, 0.5) is 4.79 Å². The van der Waals surface area contributed by atoms with Gasteiger partial charge in [0.2, 0.25) is 21.8 Å². The number of carbonyl (C=O) groups excluding carboxylic acids is 4. The first-order chi connectivity index (χ1) is 27.0. The lowest BCUT2D eigenvalue weighted by atomic mass is 10.1. The molecule has 14 nitrogen and oxygen atoms in total. The van der Waals surface area contributed by atoms with Crippen LogP contribution >= 0.6 is 0 Å². The normalized spacial score (nSPS) is 26.3. The number of pyridine rings is 1. The lowest BCUT2D eigenvalue weighted by Gasteiger charge is -2.29. The van der Waals surface area contributed by atoms with Gasteiger partial charge >= 0.3 is 6.09 Å². The maximum atomic E-state index is 14.5. The molecule has 15 heteroatoms. The van der Waals surface area contributed by atoms with Crippen molar-refractivity contribution in [2.75, 3.05) is 13.7 Å². The third-order valence-corrected chi connectivity index (χ3v) is 13.1. The zero-order valence-corrected chi connectivity index (χ0v) is 32.1. The Morgan fingerprint density at radius 1 is 1.04 bits per heavy atom. The SMILES string of the molecule is COC(=O)N[C@H]1CCCCC/C=C\[C@@H]2C[C@@]2(C(=O)NS(=O)(=O)C2CC2)NC(=O)[C@@H]2C[C@@H](Oc3cc(-c4ccc(C)cc4)nc4c3oc3ccccc34)CN2C1=O. The van der Waals surface area contributed by atoms with E-state index in [1.165, 1.54) is 12.0 Å². The van der Waals surface area contributed by atoms with Crippen LogP contribution in [0, 0.1) is 12.8 Å². The molecule has 8 rings (SSSR count). The second-order valence-electron chi connectivity index (χ2n) is 15.3. The van der Waals surface area contributed by atoms with Crippen LogP contribution in [0.25, 0.3) is 33.3 Å². The number of hydrogen-bond acceptors (Lipinski definition) is 10. The van der Waals surface area contributed by atoms with E-state index in [1.807, 2.05) is 67.6 Å². The molecule has 0 unspecified atom stereocenters. The summed E-state index contributed by atoms with van der Waals surface area (Å²) in [5, 5.41) is 5.72. The van der Waals surface area contributed by atoms with E-state index < -0.39 is 68.7 Å². The zero-order valence-electron chi connectivity index (χ0n) is 31.3. The quantitative estimate of drug-likeness (QED) is 0.215. The number of alkyl carbamates (subject to hydrolysis) is 1. The first-order valence-electron chi connectivity index (χ1n) is 19.2. The largest absolute Gasteiger partial charge is 0.484 e. The number of benzene rings is 2. The standard InChI is InChI=1S/C41H45N5O9S/c1-24-14-16-25(17-15-24)31-21-34(36-35(42-31)29-11-8-9-13-33(29)55-36)54-27-20-32-37(47)44-41(39(49)45-56(51,52)28-18-19-28)22-26(41)10-6-4-3-5-7-12-30(43-40(50)53-2)38(48)46(32)23-27/h6,8-11,13-17,21,26-28,30,32H,3-5,7,12,18-20,22-23H2,1-2H3,(H,43,50)(H,44,47)(H,45,49)/b10-6-/t26-,27-,30+,32+,41-/m1/s1. The topological polar surface area (TPSA) is 186 Å². The van der Waals surface area contributed by atoms with E-state index in [9.17, 15) is 27.6 Å². The Bertz CT molecular complexity index is 2340. The number of ether oxygens (including phenoxy) is 2. The lowest BCUT2D eigenvalue weighted by molar-refractivity contribution is -0.141. The highest BCUT2D eigenvalue weighted by Crippen LogP contribution is 2.46. The van der Waals surface area contributed by atoms with Gasteiger partial charge in [0.15, 0.2) is 11.3 Å². The van der Waals surface area contributed by atoms with Crippen molar-refractivity contribution in [3.8, 4) is 17.0 Å². The molecule has 4 aromatic rings. The van der Waals surface area contributed by atoms with Crippen LogP contribution < -0.4 is 20.1 Å². The molecular weight excluding hydrogens is 739 g/mol. The summed E-state index contributed by atoms with van der Waals surface area (Å²) in [5.41, 5.74) is 2.71. The number of nitrogens with one attached hydrogen (secondary N) is 3. The fourth-order valence-corrected chi connectivity index (χ4v) is 9.20. The Balaban J connectivity index is 1.15. The summed E-state index contributed by atoms with van der Waals surface area (Å²) in [4.78, 5) is 61.5. The highest BCUT2D eigenvalue weighted by Gasteiger charge is 2.62. The van der Waals surface area contributed by atoms with Crippen molar-refractivity contribution in [3.05, 3.63) is 72.3 Å². The van der Waals surface area contributed by atoms with Gasteiger partial charge in [-0.2, -0.15) is 0 Å². The molecule has 4 aliphatic rings. The Kier molecular flexibility index (Phi) is 9.97. The summed E-state index contributed by atoms with van der Waals surface area (Å²) in [6, 6.07) is 15.1. The average molecular weight is 784 g/mol. The van der Waals surface area contributed by atoms with E-state index >= 15 is 0 Å². The molecule has 3 fully saturated rings. The summed E-state index contributed by atoms with van der Waals surface area (Å²) in [5.74, 6) is -1.98. The second kappa shape index (κ2) is 14.9. The first-order valence-corrected chi connectivity index (χ1v) is 20.8. The highest BCUT2D eigenvalue weighted by atomic mass is 32.2. The Morgan fingerprint density at radius 3 is 2.59 bits per heavy atom. The zero-order chi connectivity index (χ0) is 39.2. The van der Waals surface area contributed by atoms with E-state index in [1.54, 1.807) is 6.07 Å². The number of furan rings is 1. The van der Waals surface area contributed by atoms with Crippen LogP contribution in [0.5, 0.6) is 5.75 Å². The van der Waals surface area contributed by atoms with Gasteiger partial charge in [0.25, 0.3) is 5.91 Å². The van der Waals surface area contributed by atoms with Gasteiger partial charge < -0.3 is 29.4 Å². The summed E-state index contributed by atoms with van der Waals surface area (Å²) >= 11 is 0. The van der Waals surface area contributed by atoms with Crippen LogP contribution in [-0.4, -0.2) is 84.7 Å². The fraction of sp³-hybridized carbons (Fsp3) is 0.439. The minimum Gasteiger partial charge on any atom is -0.484 e. The summed E-state index contributed by atoms with van der Waals surface area (Å²) < 4.78 is 45.8. The van der Waals surface area contributed by atoms with Crippen molar-refractivity contribution in [2.45, 2.75) is 93.7 Å². The predicted octanol–water partition coefficient (Wildman–Crippen LogP) is 5.03. The maximum absolute atomic E-state index is 14.5. The van der Waals surface area contributed by atoms with Gasteiger partial charge in [-0.25, -0.2) is 18.2 Å². The number of allylic oxidation sites excluding steroid dienone is 1. The third kappa shape index (κ3) is 7.43. The van der Waals surface area contributed by atoms with Crippen LogP contribution in [0.2, 0.25) is 0 Å². The molecular formula is C41H45N5O9S. The molecule has 1 saturated heterocycles. The number of hydrogen-bond donors (Lipinski definition) is 3.